The predicted octanol–water partition coefficient (Wildman–Crippen LogP) is 1.59. The summed E-state index contributed by atoms with van der Waals surface area (Å²) in [6.07, 6.45) is 5.74. The van der Waals surface area contributed by atoms with Gasteiger partial charge in [-0.3, -0.25) is 9.59 Å². The molecule has 0 radical (unpaired) electrons. The zero-order valence-electron chi connectivity index (χ0n) is 11.3. The fraction of sp³-hybridized carbons (Fsp3) is 0.267. The highest BCUT2D eigenvalue weighted by atomic mass is 16.4. The van der Waals surface area contributed by atoms with E-state index in [-0.39, 0.29) is 5.91 Å². The zero-order chi connectivity index (χ0) is 14.8. The molecule has 1 amide bonds. The van der Waals surface area contributed by atoms with Crippen molar-refractivity contribution in [3.05, 3.63) is 48.5 Å². The number of amides is 1. The van der Waals surface area contributed by atoms with E-state index in [9.17, 15) is 9.59 Å². The van der Waals surface area contributed by atoms with E-state index in [4.69, 9.17) is 5.11 Å². The summed E-state index contributed by atoms with van der Waals surface area (Å²) >= 11 is 0. The Kier molecular flexibility index (Phi) is 3.43. The minimum absolute atomic E-state index is 0.220. The van der Waals surface area contributed by atoms with Gasteiger partial charge in [0.15, 0.2) is 0 Å². The Morgan fingerprint density at radius 1 is 1.38 bits per heavy atom. The predicted molar refractivity (Wildman–Crippen MR) is 75.6 cm³/mol. The number of carboxylic acid groups (broad SMARTS) is 1. The van der Waals surface area contributed by atoms with Crippen LogP contribution in [0.4, 0.5) is 5.69 Å². The highest BCUT2D eigenvalue weighted by Gasteiger charge is 2.48. The van der Waals surface area contributed by atoms with Gasteiger partial charge in [-0.05, 0) is 24.1 Å². The Balaban J connectivity index is 1.64. The van der Waals surface area contributed by atoms with E-state index in [1.54, 1.807) is 18.6 Å². The van der Waals surface area contributed by atoms with Crippen molar-refractivity contribution in [2.24, 2.45) is 11.8 Å². The number of nitrogens with zero attached hydrogens (tertiary/aromatic N) is 2. The molecule has 1 aromatic carbocycles. The van der Waals surface area contributed by atoms with Crippen molar-refractivity contribution in [1.82, 2.24) is 9.55 Å². The number of carboxylic acids is 1. The number of aliphatic carboxylic acids is 1. The summed E-state index contributed by atoms with van der Waals surface area (Å²) < 4.78 is 1.93. The molecule has 1 aromatic heterocycles. The second-order valence-electron chi connectivity index (χ2n) is 5.21. The molecule has 0 unspecified atom stereocenters. The van der Waals surface area contributed by atoms with Gasteiger partial charge < -0.3 is 15.0 Å². The number of benzene rings is 1. The molecule has 0 aliphatic heterocycles. The first kappa shape index (κ1) is 13.4. The first-order valence-corrected chi connectivity index (χ1v) is 6.72. The summed E-state index contributed by atoms with van der Waals surface area (Å²) in [6.45, 7) is 0.672. The maximum absolute atomic E-state index is 11.9. The van der Waals surface area contributed by atoms with Crippen LogP contribution in [-0.4, -0.2) is 26.5 Å². The molecule has 3 rings (SSSR count). The molecule has 6 heteroatoms. The van der Waals surface area contributed by atoms with Crippen molar-refractivity contribution in [3.63, 3.8) is 0 Å². The van der Waals surface area contributed by atoms with Gasteiger partial charge >= 0.3 is 5.97 Å². The zero-order valence-corrected chi connectivity index (χ0v) is 11.3. The Hall–Kier alpha value is -2.63. The lowest BCUT2D eigenvalue weighted by atomic mass is 10.2. The molecular weight excluding hydrogens is 270 g/mol. The van der Waals surface area contributed by atoms with E-state index < -0.39 is 17.8 Å². The van der Waals surface area contributed by atoms with Crippen molar-refractivity contribution in [2.75, 3.05) is 5.32 Å². The number of carbonyl (C=O) groups is 2. The van der Waals surface area contributed by atoms with E-state index in [0.717, 1.165) is 5.56 Å². The van der Waals surface area contributed by atoms with Crippen LogP contribution in [-0.2, 0) is 16.1 Å². The molecule has 0 spiro atoms. The second-order valence-corrected chi connectivity index (χ2v) is 5.21. The van der Waals surface area contributed by atoms with Gasteiger partial charge in [0, 0.05) is 24.6 Å². The molecule has 1 aliphatic carbocycles. The maximum Gasteiger partial charge on any atom is 0.307 e. The summed E-state index contributed by atoms with van der Waals surface area (Å²) in [5.74, 6) is -2.05. The van der Waals surface area contributed by atoms with Crippen LogP contribution in [0.1, 0.15) is 12.0 Å². The van der Waals surface area contributed by atoms with Gasteiger partial charge in [-0.25, -0.2) is 4.98 Å². The number of carbonyl (C=O) groups excluding carboxylic acids is 1. The average Bonchev–Trinajstić information content (AvgIpc) is 3.11. The number of nitrogens with one attached hydrogen (secondary N) is 1. The lowest BCUT2D eigenvalue weighted by molar-refractivity contribution is -0.139. The van der Waals surface area contributed by atoms with E-state index in [2.05, 4.69) is 10.3 Å². The van der Waals surface area contributed by atoms with Crippen LogP contribution in [0.25, 0.3) is 0 Å². The first-order valence-electron chi connectivity index (χ1n) is 6.72. The van der Waals surface area contributed by atoms with Crippen molar-refractivity contribution < 1.29 is 14.7 Å². The maximum atomic E-state index is 11.9. The normalized spacial score (nSPS) is 20.0. The molecular formula is C15H15N3O3. The fourth-order valence-electron chi connectivity index (χ4n) is 2.33. The molecule has 21 heavy (non-hydrogen) atoms. The van der Waals surface area contributed by atoms with E-state index >= 15 is 0 Å². The van der Waals surface area contributed by atoms with Gasteiger partial charge in [0.05, 0.1) is 18.2 Å². The van der Waals surface area contributed by atoms with Crippen LogP contribution in [0.15, 0.2) is 43.0 Å². The molecule has 108 valence electrons. The summed E-state index contributed by atoms with van der Waals surface area (Å²) in [5, 5.41) is 11.6. The molecule has 1 fully saturated rings. The summed E-state index contributed by atoms with van der Waals surface area (Å²) in [4.78, 5) is 26.7. The van der Waals surface area contributed by atoms with Crippen LogP contribution >= 0.6 is 0 Å². The van der Waals surface area contributed by atoms with Crippen molar-refractivity contribution >= 4 is 17.6 Å². The quantitative estimate of drug-likeness (QED) is 0.873. The van der Waals surface area contributed by atoms with Gasteiger partial charge in [0.1, 0.15) is 0 Å². The van der Waals surface area contributed by atoms with Crippen LogP contribution in [0.3, 0.4) is 0 Å². The molecule has 2 aromatic rings. The third kappa shape index (κ3) is 3.10. The number of hydrogen-bond donors (Lipinski definition) is 2. The smallest absolute Gasteiger partial charge is 0.307 e. The van der Waals surface area contributed by atoms with Gasteiger partial charge in [0.2, 0.25) is 5.91 Å². The Bertz CT molecular complexity index is 667. The van der Waals surface area contributed by atoms with Crippen LogP contribution in [0, 0.1) is 11.8 Å². The lowest BCUT2D eigenvalue weighted by Crippen LogP contribution is -2.16. The van der Waals surface area contributed by atoms with Crippen molar-refractivity contribution in [1.29, 1.82) is 0 Å². The summed E-state index contributed by atoms with van der Waals surface area (Å²) in [7, 11) is 0. The lowest BCUT2D eigenvalue weighted by Gasteiger charge is -2.07. The fourth-order valence-corrected chi connectivity index (χ4v) is 2.33. The Labute approximate surface area is 121 Å². The SMILES string of the molecule is O=C(O)[C@H]1C[C@H]1C(=O)Nc1cccc(Cn2ccnc2)c1. The highest BCUT2D eigenvalue weighted by molar-refractivity contribution is 5.98. The van der Waals surface area contributed by atoms with Crippen LogP contribution in [0.2, 0.25) is 0 Å². The van der Waals surface area contributed by atoms with Crippen molar-refractivity contribution in [3.8, 4) is 0 Å². The Morgan fingerprint density at radius 2 is 2.24 bits per heavy atom. The van der Waals surface area contributed by atoms with Crippen LogP contribution < -0.4 is 5.32 Å². The van der Waals surface area contributed by atoms with Crippen molar-refractivity contribution in [2.45, 2.75) is 13.0 Å². The molecule has 1 aliphatic rings. The van der Waals surface area contributed by atoms with E-state index in [1.807, 2.05) is 29.0 Å². The van der Waals surface area contributed by atoms with Gasteiger partial charge in [-0.2, -0.15) is 0 Å². The molecule has 2 N–H and O–H groups in total. The van der Waals surface area contributed by atoms with Crippen LogP contribution in [0.5, 0.6) is 0 Å². The number of hydrogen-bond acceptors (Lipinski definition) is 3. The standard InChI is InChI=1S/C15H15N3O3/c19-14(12-7-13(12)15(20)21)17-11-3-1-2-10(6-11)8-18-5-4-16-9-18/h1-6,9,12-13H,7-8H2,(H,17,19)(H,20,21)/t12-,13+/m1/s1. The topological polar surface area (TPSA) is 84.2 Å². The number of rotatable bonds is 5. The highest BCUT2D eigenvalue weighted by Crippen LogP contribution is 2.39. The molecule has 2 atom stereocenters. The first-order chi connectivity index (χ1) is 10.1. The van der Waals surface area contributed by atoms with Gasteiger partial charge in [-0.1, -0.05) is 12.1 Å². The summed E-state index contributed by atoms with van der Waals surface area (Å²) in [6, 6.07) is 7.51. The summed E-state index contributed by atoms with van der Waals surface area (Å²) in [5.41, 5.74) is 1.73. The third-order valence-electron chi connectivity index (χ3n) is 3.56. The van der Waals surface area contributed by atoms with Gasteiger partial charge in [0.25, 0.3) is 0 Å². The number of imidazole rings is 1. The molecule has 1 saturated carbocycles. The molecule has 0 bridgehead atoms. The molecule has 0 saturated heterocycles. The number of anilines is 1. The monoisotopic (exact) mass is 285 g/mol. The Morgan fingerprint density at radius 3 is 2.90 bits per heavy atom. The number of aromatic nitrogens is 2. The van der Waals surface area contributed by atoms with E-state index in [0.29, 0.717) is 18.7 Å². The minimum atomic E-state index is -0.899. The second kappa shape index (κ2) is 5.40. The van der Waals surface area contributed by atoms with E-state index in [1.165, 1.54) is 0 Å². The molecule has 6 nitrogen and oxygen atoms in total. The largest absolute Gasteiger partial charge is 0.481 e. The minimum Gasteiger partial charge on any atom is -0.481 e. The average molecular weight is 285 g/mol. The third-order valence-corrected chi connectivity index (χ3v) is 3.56. The molecule has 1 heterocycles. The van der Waals surface area contributed by atoms with Gasteiger partial charge in [-0.15, -0.1) is 0 Å².